The Morgan fingerprint density at radius 3 is 2.50 bits per heavy atom. The summed E-state index contributed by atoms with van der Waals surface area (Å²) < 4.78 is 0. The average molecular weight is 476 g/mol. The van der Waals surface area contributed by atoms with Crippen molar-refractivity contribution in [3.63, 3.8) is 0 Å². The number of hydrogen-bond acceptors (Lipinski definition) is 3. The van der Waals surface area contributed by atoms with E-state index in [-0.39, 0.29) is 23.7 Å². The molecule has 2 aromatic rings. The minimum absolute atomic E-state index is 0. The fourth-order valence-corrected chi connectivity index (χ4v) is 5.47. The lowest BCUT2D eigenvalue weighted by molar-refractivity contribution is -0.121. The molecule has 0 saturated carbocycles. The normalized spacial score (nSPS) is 20.8. The standard InChI is InChI=1S/C26H34ClN3O.ClH/c1-20(2)19-26(23-10-3-4-11-24(23)28-25(26)31)12-5-6-13-29-14-16-30(17-15-29)22-9-7-8-21(27)18-22;/h3-4,7-11,18,20H,5-6,12-17,19H2,1-2H3,(H,28,31);1H. The van der Waals surface area contributed by atoms with Gasteiger partial charge in [-0.25, -0.2) is 0 Å². The first-order chi connectivity index (χ1) is 15.0. The van der Waals surface area contributed by atoms with Crippen LogP contribution in [0.5, 0.6) is 0 Å². The van der Waals surface area contributed by atoms with Crippen LogP contribution in [-0.4, -0.2) is 43.5 Å². The maximum atomic E-state index is 13.0. The minimum Gasteiger partial charge on any atom is -0.369 e. The Bertz CT molecular complexity index is 911. The monoisotopic (exact) mass is 475 g/mol. The maximum Gasteiger partial charge on any atom is 0.235 e. The van der Waals surface area contributed by atoms with Crippen molar-refractivity contribution in [2.24, 2.45) is 5.92 Å². The van der Waals surface area contributed by atoms with Crippen molar-refractivity contribution in [1.29, 1.82) is 0 Å². The fourth-order valence-electron chi connectivity index (χ4n) is 5.29. The van der Waals surface area contributed by atoms with Crippen molar-refractivity contribution < 1.29 is 4.79 Å². The summed E-state index contributed by atoms with van der Waals surface area (Å²) >= 11 is 6.15. The van der Waals surface area contributed by atoms with Crippen LogP contribution in [0.3, 0.4) is 0 Å². The molecule has 2 heterocycles. The molecular formula is C26H35Cl2N3O. The second-order valence-electron chi connectivity index (χ2n) is 9.45. The largest absolute Gasteiger partial charge is 0.369 e. The number of benzene rings is 2. The number of nitrogens with zero attached hydrogens (tertiary/aromatic N) is 2. The van der Waals surface area contributed by atoms with E-state index < -0.39 is 0 Å². The topological polar surface area (TPSA) is 35.6 Å². The predicted molar refractivity (Wildman–Crippen MR) is 137 cm³/mol. The fraction of sp³-hybridized carbons (Fsp3) is 0.500. The Labute approximate surface area is 203 Å². The van der Waals surface area contributed by atoms with Crippen molar-refractivity contribution in [2.45, 2.75) is 44.9 Å². The highest BCUT2D eigenvalue weighted by molar-refractivity contribution is 6.30. The van der Waals surface area contributed by atoms with Gasteiger partial charge in [-0.2, -0.15) is 0 Å². The molecule has 1 fully saturated rings. The number of anilines is 2. The zero-order valence-corrected chi connectivity index (χ0v) is 20.7. The summed E-state index contributed by atoms with van der Waals surface area (Å²) in [6.07, 6.45) is 4.04. The first-order valence-corrected chi connectivity index (χ1v) is 12.0. The third-order valence-corrected chi connectivity index (χ3v) is 6.99. The molecule has 0 bridgehead atoms. The van der Waals surface area contributed by atoms with Crippen LogP contribution >= 0.6 is 24.0 Å². The lowest BCUT2D eigenvalue weighted by Gasteiger charge is -2.36. The molecule has 2 aliphatic rings. The van der Waals surface area contributed by atoms with Gasteiger partial charge >= 0.3 is 0 Å². The van der Waals surface area contributed by atoms with Gasteiger partial charge in [0, 0.05) is 42.6 Å². The zero-order valence-electron chi connectivity index (χ0n) is 19.1. The number of unbranched alkanes of at least 4 members (excludes halogenated alkanes) is 1. The van der Waals surface area contributed by atoms with Crippen molar-refractivity contribution in [1.82, 2.24) is 4.90 Å². The number of amides is 1. The number of fused-ring (bicyclic) bond motifs is 1. The molecule has 6 heteroatoms. The van der Waals surface area contributed by atoms with E-state index >= 15 is 0 Å². The summed E-state index contributed by atoms with van der Waals surface area (Å²) in [4.78, 5) is 18.0. The number of para-hydroxylation sites is 1. The Morgan fingerprint density at radius 2 is 1.78 bits per heavy atom. The molecule has 32 heavy (non-hydrogen) atoms. The van der Waals surface area contributed by atoms with Gasteiger partial charge in [0.2, 0.25) is 5.91 Å². The molecule has 1 saturated heterocycles. The number of piperazine rings is 1. The van der Waals surface area contributed by atoms with E-state index in [0.29, 0.717) is 5.92 Å². The van der Waals surface area contributed by atoms with Crippen molar-refractivity contribution in [3.05, 3.63) is 59.1 Å². The highest BCUT2D eigenvalue weighted by atomic mass is 35.5. The molecule has 4 nitrogen and oxygen atoms in total. The summed E-state index contributed by atoms with van der Waals surface area (Å²) in [5.41, 5.74) is 3.05. The molecular weight excluding hydrogens is 441 g/mol. The van der Waals surface area contributed by atoms with Gasteiger partial charge in [0.15, 0.2) is 0 Å². The summed E-state index contributed by atoms with van der Waals surface area (Å²) in [6.45, 7) is 9.76. The van der Waals surface area contributed by atoms with E-state index in [2.05, 4.69) is 53.2 Å². The third-order valence-electron chi connectivity index (χ3n) is 6.76. The van der Waals surface area contributed by atoms with Gasteiger partial charge in [-0.15, -0.1) is 12.4 Å². The van der Waals surface area contributed by atoms with Crippen molar-refractivity contribution >= 4 is 41.3 Å². The van der Waals surface area contributed by atoms with Gasteiger partial charge in [-0.3, -0.25) is 9.69 Å². The molecule has 1 N–H and O–H groups in total. The van der Waals surface area contributed by atoms with Crippen molar-refractivity contribution in [3.8, 4) is 0 Å². The Morgan fingerprint density at radius 1 is 1.03 bits per heavy atom. The molecule has 1 unspecified atom stereocenters. The van der Waals surface area contributed by atoms with Gasteiger partial charge in [0.1, 0.15) is 0 Å². The first kappa shape index (κ1) is 24.9. The van der Waals surface area contributed by atoms with Gasteiger partial charge in [-0.05, 0) is 61.6 Å². The Balaban J connectivity index is 0.00000289. The number of halogens is 2. The first-order valence-electron chi connectivity index (χ1n) is 11.6. The van der Waals surface area contributed by atoms with E-state index in [1.54, 1.807) is 0 Å². The second-order valence-corrected chi connectivity index (χ2v) is 9.88. The molecule has 2 aliphatic heterocycles. The molecule has 4 rings (SSSR count). The van der Waals surface area contributed by atoms with Crippen LogP contribution in [0.25, 0.3) is 0 Å². The van der Waals surface area contributed by atoms with Gasteiger partial charge in [0.05, 0.1) is 5.41 Å². The maximum absolute atomic E-state index is 13.0. The molecule has 0 spiro atoms. The van der Waals surface area contributed by atoms with E-state index in [4.69, 9.17) is 11.6 Å². The average Bonchev–Trinajstić information content (AvgIpc) is 3.02. The van der Waals surface area contributed by atoms with E-state index in [1.165, 1.54) is 11.3 Å². The third kappa shape index (κ3) is 5.41. The van der Waals surface area contributed by atoms with Crippen LogP contribution < -0.4 is 10.2 Å². The van der Waals surface area contributed by atoms with Crippen LogP contribution in [0.1, 0.15) is 45.1 Å². The summed E-state index contributed by atoms with van der Waals surface area (Å²) in [6, 6.07) is 16.4. The SMILES string of the molecule is CC(C)CC1(CCCCN2CCN(c3cccc(Cl)c3)CC2)C(=O)Nc2ccccc21.Cl. The van der Waals surface area contributed by atoms with Crippen LogP contribution in [0.2, 0.25) is 5.02 Å². The molecule has 0 aliphatic carbocycles. The predicted octanol–water partition coefficient (Wildman–Crippen LogP) is 5.99. The number of hydrogen-bond donors (Lipinski definition) is 1. The molecule has 2 aromatic carbocycles. The van der Waals surface area contributed by atoms with Crippen molar-refractivity contribution in [2.75, 3.05) is 42.9 Å². The highest BCUT2D eigenvalue weighted by Crippen LogP contribution is 2.45. The van der Waals surface area contributed by atoms with E-state index in [0.717, 1.165) is 69.1 Å². The van der Waals surface area contributed by atoms with Gasteiger partial charge < -0.3 is 10.2 Å². The lowest BCUT2D eigenvalue weighted by atomic mass is 9.72. The second kappa shape index (κ2) is 10.9. The molecule has 1 atom stereocenters. The zero-order chi connectivity index (χ0) is 21.8. The van der Waals surface area contributed by atoms with Crippen LogP contribution in [0.15, 0.2) is 48.5 Å². The Hall–Kier alpha value is -1.75. The number of carbonyl (C=O) groups is 1. The Kier molecular flexibility index (Phi) is 8.49. The molecule has 0 aromatic heterocycles. The molecule has 1 amide bonds. The molecule has 0 radical (unpaired) electrons. The summed E-state index contributed by atoms with van der Waals surface area (Å²) in [5, 5.41) is 3.94. The van der Waals surface area contributed by atoms with E-state index in [1.807, 2.05) is 24.3 Å². The minimum atomic E-state index is -0.365. The van der Waals surface area contributed by atoms with Crippen LogP contribution in [0, 0.1) is 5.92 Å². The number of carbonyl (C=O) groups excluding carboxylic acids is 1. The van der Waals surface area contributed by atoms with Crippen LogP contribution in [-0.2, 0) is 10.2 Å². The lowest BCUT2D eigenvalue weighted by Crippen LogP contribution is -2.46. The quantitative estimate of drug-likeness (QED) is 0.476. The van der Waals surface area contributed by atoms with Crippen LogP contribution in [0.4, 0.5) is 11.4 Å². The molecule has 174 valence electrons. The number of nitrogens with one attached hydrogen (secondary N) is 1. The highest BCUT2D eigenvalue weighted by Gasteiger charge is 2.46. The van der Waals surface area contributed by atoms with Gasteiger partial charge in [0.25, 0.3) is 0 Å². The summed E-state index contributed by atoms with van der Waals surface area (Å²) in [7, 11) is 0. The van der Waals surface area contributed by atoms with Gasteiger partial charge in [-0.1, -0.05) is 56.1 Å². The summed E-state index contributed by atoms with van der Waals surface area (Å²) in [5.74, 6) is 0.675. The smallest absolute Gasteiger partial charge is 0.235 e. The number of rotatable bonds is 8. The van der Waals surface area contributed by atoms with E-state index in [9.17, 15) is 4.79 Å².